The van der Waals surface area contributed by atoms with E-state index < -0.39 is 0 Å². The molecule has 0 unspecified atom stereocenters. The molecule has 0 saturated heterocycles. The van der Waals surface area contributed by atoms with Gasteiger partial charge in [-0.15, -0.1) is 0 Å². The fraction of sp³-hybridized carbons (Fsp3) is 0. The summed E-state index contributed by atoms with van der Waals surface area (Å²) in [5, 5.41) is 18.9. The molecule has 0 heterocycles. The van der Waals surface area contributed by atoms with E-state index in [-0.39, 0.29) is 34.0 Å². The maximum atomic E-state index is 13.1. The lowest BCUT2D eigenvalue weighted by molar-refractivity contribution is 0.105. The first kappa shape index (κ1) is 20.3. The molecule has 3 aromatic rings. The highest BCUT2D eigenvalue weighted by atomic mass is 16.1. The van der Waals surface area contributed by atoms with Crippen molar-refractivity contribution in [3.05, 3.63) is 122 Å². The first-order valence-electron chi connectivity index (χ1n) is 10.0. The highest BCUT2D eigenvalue weighted by molar-refractivity contribution is 6.42. The minimum Gasteiger partial charge on any atom is -0.290 e. The van der Waals surface area contributed by atoms with E-state index in [0.717, 1.165) is 0 Å². The van der Waals surface area contributed by atoms with E-state index >= 15 is 0 Å². The summed E-state index contributed by atoms with van der Waals surface area (Å²) in [6, 6.07) is 20.0. The van der Waals surface area contributed by atoms with Gasteiger partial charge in [-0.3, -0.25) is 9.59 Å². The van der Waals surface area contributed by atoms with Crippen LogP contribution in [0.2, 0.25) is 0 Å². The molecule has 0 saturated carbocycles. The molecule has 0 aliphatic heterocycles. The normalized spacial score (nSPS) is 13.6. The summed E-state index contributed by atoms with van der Waals surface area (Å²) in [6.07, 6.45) is 0. The third-order valence-corrected chi connectivity index (χ3v) is 5.92. The molecule has 0 spiro atoms. The minimum atomic E-state index is -0.301. The van der Waals surface area contributed by atoms with E-state index in [4.69, 9.17) is 13.1 Å². The molecule has 2 aliphatic rings. The lowest BCUT2D eigenvalue weighted by Gasteiger charge is -2.07. The fourth-order valence-electron chi connectivity index (χ4n) is 4.35. The van der Waals surface area contributed by atoms with Crippen LogP contribution in [0.1, 0.15) is 48.5 Å². The number of rotatable bonds is 2. The summed E-state index contributed by atoms with van der Waals surface area (Å²) in [6.45, 7) is 14.8. The average Bonchev–Trinajstić information content (AvgIpc) is 3.33. The Balaban J connectivity index is 1.60. The van der Waals surface area contributed by atoms with E-state index in [9.17, 15) is 20.1 Å². The molecule has 6 nitrogen and oxygen atoms in total. The number of carbonyl (C=O) groups excluding carboxylic acids is 2. The summed E-state index contributed by atoms with van der Waals surface area (Å²) < 4.78 is 0. The summed E-state index contributed by atoms with van der Waals surface area (Å²) in [5.74, 6) is -0.600. The van der Waals surface area contributed by atoms with E-state index in [1.807, 2.05) is 6.07 Å². The van der Waals surface area contributed by atoms with Crippen LogP contribution in [0, 0.1) is 35.8 Å². The summed E-state index contributed by atoms with van der Waals surface area (Å²) in [5.41, 5.74) is 4.19. The number of fused-ring (bicyclic) bond motifs is 2. The van der Waals surface area contributed by atoms with Gasteiger partial charge in [-0.25, -0.2) is 9.69 Å². The number of carbonyl (C=O) groups is 2. The zero-order valence-electron chi connectivity index (χ0n) is 17.4. The van der Waals surface area contributed by atoms with Gasteiger partial charge in [-0.2, -0.15) is 10.5 Å². The summed E-state index contributed by atoms with van der Waals surface area (Å²) in [7, 11) is 0. The van der Waals surface area contributed by atoms with Gasteiger partial charge in [0, 0.05) is 22.3 Å². The second-order valence-electron chi connectivity index (χ2n) is 7.65. The van der Waals surface area contributed by atoms with E-state index in [2.05, 4.69) is 15.8 Å². The third-order valence-electron chi connectivity index (χ3n) is 5.92. The average molecular weight is 434 g/mol. The first-order chi connectivity index (χ1) is 16.5. The van der Waals surface area contributed by atoms with Crippen LogP contribution in [-0.4, -0.2) is 11.6 Å². The van der Waals surface area contributed by atoms with Gasteiger partial charge in [0.15, 0.2) is 17.3 Å². The predicted molar refractivity (Wildman–Crippen MR) is 125 cm³/mol. The smallest absolute Gasteiger partial charge is 0.206 e. The first-order valence-corrected chi connectivity index (χ1v) is 10.0. The Morgan fingerprint density at radius 1 is 0.647 bits per heavy atom. The van der Waals surface area contributed by atoms with Crippen LogP contribution in [0.15, 0.2) is 60.7 Å². The third kappa shape index (κ3) is 2.78. The maximum absolute atomic E-state index is 13.1. The molecule has 5 rings (SSSR count). The zero-order chi connectivity index (χ0) is 24.0. The van der Waals surface area contributed by atoms with Gasteiger partial charge in [-0.05, 0) is 40.5 Å². The van der Waals surface area contributed by atoms with Crippen molar-refractivity contribution in [3.63, 3.8) is 0 Å². The van der Waals surface area contributed by atoms with Crippen LogP contribution in [0.3, 0.4) is 0 Å². The van der Waals surface area contributed by atoms with Gasteiger partial charge >= 0.3 is 0 Å². The van der Waals surface area contributed by atoms with Crippen molar-refractivity contribution in [1.82, 2.24) is 0 Å². The molecule has 0 fully saturated rings. The van der Waals surface area contributed by atoms with Gasteiger partial charge in [0.25, 0.3) is 0 Å². The van der Waals surface area contributed by atoms with Gasteiger partial charge in [-0.1, -0.05) is 42.5 Å². The molecule has 0 amide bonds. The zero-order valence-corrected chi connectivity index (χ0v) is 17.4. The Morgan fingerprint density at radius 2 is 1.26 bits per heavy atom. The van der Waals surface area contributed by atoms with E-state index in [1.54, 1.807) is 48.5 Å². The second-order valence-corrected chi connectivity index (χ2v) is 7.65. The van der Waals surface area contributed by atoms with Crippen LogP contribution in [0.5, 0.6) is 0 Å². The number of nitriles is 2. The van der Waals surface area contributed by atoms with Crippen LogP contribution >= 0.6 is 0 Å². The standard InChI is InChI=1S/C28H10N4O2/c1-31-18-8-10-19-21(12-18)23(14-30)24(27(19)33)16-4-6-17(7-5-16)25-26(32-2)22-11-15(13-29)3-9-20(22)28(25)34/h3-12H. The molecular weight excluding hydrogens is 424 g/mol. The predicted octanol–water partition coefficient (Wildman–Crippen LogP) is 5.72. The quantitative estimate of drug-likeness (QED) is 0.482. The highest BCUT2D eigenvalue weighted by Gasteiger charge is 2.33. The molecule has 0 aromatic heterocycles. The van der Waals surface area contributed by atoms with Gasteiger partial charge in [0.2, 0.25) is 5.70 Å². The van der Waals surface area contributed by atoms with Gasteiger partial charge < -0.3 is 0 Å². The molecule has 154 valence electrons. The molecule has 0 atom stereocenters. The SMILES string of the molecule is [C-]#[N+]C1=C(c2ccc(C3=C(C#N)c4cc([N+]#[C-])ccc4C3=O)cc2)C(=O)c2ccc(C#N)cc21. The number of ketones is 2. The topological polar surface area (TPSA) is 90.4 Å². The van der Waals surface area contributed by atoms with Crippen molar-refractivity contribution >= 4 is 39.7 Å². The van der Waals surface area contributed by atoms with E-state index in [1.165, 1.54) is 12.1 Å². The highest BCUT2D eigenvalue weighted by Crippen LogP contribution is 2.42. The number of benzene rings is 3. The summed E-state index contributed by atoms with van der Waals surface area (Å²) >= 11 is 0. The molecule has 6 heteroatoms. The van der Waals surface area contributed by atoms with Crippen molar-refractivity contribution < 1.29 is 9.59 Å². The number of hydrogen-bond donors (Lipinski definition) is 0. The van der Waals surface area contributed by atoms with Crippen LogP contribution in [0.4, 0.5) is 5.69 Å². The van der Waals surface area contributed by atoms with Crippen molar-refractivity contribution in [3.8, 4) is 12.1 Å². The number of allylic oxidation sites excluding steroid dienone is 3. The fourth-order valence-corrected chi connectivity index (χ4v) is 4.35. The Hall–Kier alpha value is -5.56. The Kier molecular flexibility index (Phi) is 4.51. The van der Waals surface area contributed by atoms with Crippen molar-refractivity contribution in [2.24, 2.45) is 0 Å². The van der Waals surface area contributed by atoms with Gasteiger partial charge in [0.05, 0.1) is 30.4 Å². The number of Topliss-reactive ketones (excluding diaryl/α,β-unsaturated/α-hetero) is 2. The lowest BCUT2D eigenvalue weighted by atomic mass is 9.95. The number of nitrogens with zero attached hydrogens (tertiary/aromatic N) is 4. The van der Waals surface area contributed by atoms with Crippen LogP contribution < -0.4 is 0 Å². The largest absolute Gasteiger partial charge is 0.290 e. The molecule has 3 aromatic carbocycles. The second kappa shape index (κ2) is 7.54. The van der Waals surface area contributed by atoms with E-state index in [0.29, 0.717) is 44.6 Å². The molecule has 0 radical (unpaired) electrons. The Labute approximate surface area is 194 Å². The molecule has 34 heavy (non-hydrogen) atoms. The Bertz CT molecular complexity index is 1580. The Morgan fingerprint density at radius 3 is 1.88 bits per heavy atom. The number of hydrogen-bond acceptors (Lipinski definition) is 4. The summed E-state index contributed by atoms with van der Waals surface area (Å²) in [4.78, 5) is 33.0. The van der Waals surface area contributed by atoms with Crippen molar-refractivity contribution in [2.75, 3.05) is 0 Å². The molecule has 0 bridgehead atoms. The monoisotopic (exact) mass is 434 g/mol. The minimum absolute atomic E-state index is 0.179. The maximum Gasteiger partial charge on any atom is 0.206 e. The molecule has 2 aliphatic carbocycles. The molecular formula is C28H10N4O2. The van der Waals surface area contributed by atoms with Crippen molar-refractivity contribution in [1.29, 1.82) is 10.5 Å². The lowest BCUT2D eigenvalue weighted by Crippen LogP contribution is -2.00. The van der Waals surface area contributed by atoms with Crippen LogP contribution in [-0.2, 0) is 0 Å². The van der Waals surface area contributed by atoms with Crippen LogP contribution in [0.25, 0.3) is 32.1 Å². The van der Waals surface area contributed by atoms with Crippen molar-refractivity contribution in [2.45, 2.75) is 0 Å². The molecule has 0 N–H and O–H groups in total. The van der Waals surface area contributed by atoms with Gasteiger partial charge in [0.1, 0.15) is 6.07 Å².